The van der Waals surface area contributed by atoms with Crippen LogP contribution in [-0.4, -0.2) is 29.9 Å². The molecule has 1 unspecified atom stereocenters. The van der Waals surface area contributed by atoms with Gasteiger partial charge in [0.25, 0.3) is 5.91 Å². The number of nitrogens with zero attached hydrogens (tertiary/aromatic N) is 2. The van der Waals surface area contributed by atoms with Crippen LogP contribution in [0.25, 0.3) is 0 Å². The Morgan fingerprint density at radius 3 is 2.27 bits per heavy atom. The van der Waals surface area contributed by atoms with Crippen LogP contribution in [0.3, 0.4) is 0 Å². The highest BCUT2D eigenvalue weighted by Crippen LogP contribution is 2.30. The van der Waals surface area contributed by atoms with Crippen molar-refractivity contribution >= 4 is 51.9 Å². The third kappa shape index (κ3) is 5.63. The summed E-state index contributed by atoms with van der Waals surface area (Å²) in [6.07, 6.45) is -0.938. The Morgan fingerprint density at radius 1 is 0.919 bits per heavy atom. The maximum Gasteiger partial charge on any atom is 0.272 e. The summed E-state index contributed by atoms with van der Waals surface area (Å²) in [5, 5.41) is 7.02. The summed E-state index contributed by atoms with van der Waals surface area (Å²) in [5.74, 6) is 1.21. The average Bonchev–Trinajstić information content (AvgIpc) is 3.01. The van der Waals surface area contributed by atoms with E-state index in [2.05, 4.69) is 10.6 Å². The third-order valence-electron chi connectivity index (χ3n) is 5.80. The predicted molar refractivity (Wildman–Crippen MR) is 153 cm³/mol. The summed E-state index contributed by atoms with van der Waals surface area (Å²) in [6, 6.07) is 32.0. The number of rotatable bonds is 5. The lowest BCUT2D eigenvalue weighted by atomic mass is 10.0. The van der Waals surface area contributed by atoms with Gasteiger partial charge in [0, 0.05) is 28.9 Å². The molecule has 37 heavy (non-hydrogen) atoms. The lowest BCUT2D eigenvalue weighted by Crippen LogP contribution is -2.47. The van der Waals surface area contributed by atoms with Crippen molar-refractivity contribution in [3.63, 3.8) is 0 Å². The number of nitrogens with one attached hydrogen (secondary N) is 2. The molecular weight excluding hydrogens is 504 g/mol. The first-order valence-corrected chi connectivity index (χ1v) is 12.4. The molecule has 5 rings (SSSR count). The van der Waals surface area contributed by atoms with Crippen molar-refractivity contribution in [2.24, 2.45) is 4.99 Å². The van der Waals surface area contributed by atoms with Crippen molar-refractivity contribution in [3.05, 3.63) is 119 Å². The molecule has 0 aromatic heterocycles. The molecule has 1 atom stereocenters. The third-order valence-corrected chi connectivity index (χ3v) is 6.26. The van der Waals surface area contributed by atoms with E-state index < -0.39 is 6.17 Å². The number of fused-ring (bicyclic) bond motifs is 1. The van der Waals surface area contributed by atoms with Gasteiger partial charge in [-0.25, -0.2) is 4.99 Å². The molecule has 0 bridgehead atoms. The van der Waals surface area contributed by atoms with Gasteiger partial charge in [0.05, 0.1) is 11.4 Å². The summed E-state index contributed by atoms with van der Waals surface area (Å²) < 4.78 is 5.84. The smallest absolute Gasteiger partial charge is 0.272 e. The van der Waals surface area contributed by atoms with Crippen LogP contribution < -0.4 is 20.3 Å². The lowest BCUT2D eigenvalue weighted by Gasteiger charge is -2.22. The number of benzene rings is 4. The van der Waals surface area contributed by atoms with Gasteiger partial charge in [-0.2, -0.15) is 0 Å². The highest BCUT2D eigenvalue weighted by molar-refractivity contribution is 7.80. The van der Waals surface area contributed by atoms with Crippen LogP contribution in [0.5, 0.6) is 11.5 Å². The number of aliphatic imine (C=N–C) groups is 1. The molecule has 0 fully saturated rings. The number of carbonyl (C=O) groups is 1. The fourth-order valence-corrected chi connectivity index (χ4v) is 4.39. The Kier molecular flexibility index (Phi) is 7.16. The van der Waals surface area contributed by atoms with Crippen molar-refractivity contribution in [3.8, 4) is 11.5 Å². The van der Waals surface area contributed by atoms with Gasteiger partial charge in [0.1, 0.15) is 11.5 Å². The van der Waals surface area contributed by atoms with Crippen LogP contribution in [0.2, 0.25) is 5.02 Å². The van der Waals surface area contributed by atoms with Gasteiger partial charge in [-0.3, -0.25) is 4.79 Å². The number of hydrogen-bond donors (Lipinski definition) is 2. The minimum absolute atomic E-state index is 0.245. The molecule has 1 aliphatic heterocycles. The number of carbonyl (C=O) groups excluding carboxylic acids is 1. The Morgan fingerprint density at radius 2 is 1.57 bits per heavy atom. The molecule has 0 aliphatic carbocycles. The molecule has 184 valence electrons. The predicted octanol–water partition coefficient (Wildman–Crippen LogP) is 6.26. The molecule has 0 saturated heterocycles. The van der Waals surface area contributed by atoms with E-state index in [9.17, 15) is 4.79 Å². The van der Waals surface area contributed by atoms with E-state index >= 15 is 0 Å². The number of halogens is 1. The monoisotopic (exact) mass is 526 g/mol. The van der Waals surface area contributed by atoms with Crippen molar-refractivity contribution < 1.29 is 9.53 Å². The summed E-state index contributed by atoms with van der Waals surface area (Å²) in [6.45, 7) is 0. The van der Waals surface area contributed by atoms with Crippen LogP contribution in [0, 0.1) is 0 Å². The molecule has 0 spiro atoms. The first-order valence-electron chi connectivity index (χ1n) is 11.6. The SMILES string of the molecule is CN1C(=O)C(NC(=S)Nc2ccc(Oc3ccccc3)cc2)N=C(c2ccccc2)c2cc(Cl)ccc21. The number of ether oxygens (including phenoxy) is 1. The second kappa shape index (κ2) is 10.8. The number of anilines is 2. The second-order valence-electron chi connectivity index (χ2n) is 8.34. The van der Waals surface area contributed by atoms with Crippen LogP contribution in [0.4, 0.5) is 11.4 Å². The fourth-order valence-electron chi connectivity index (χ4n) is 3.99. The molecule has 4 aromatic rings. The minimum atomic E-state index is -0.938. The van der Waals surface area contributed by atoms with Crippen molar-refractivity contribution in [2.45, 2.75) is 6.17 Å². The van der Waals surface area contributed by atoms with E-state index in [0.29, 0.717) is 22.2 Å². The van der Waals surface area contributed by atoms with Gasteiger partial charge < -0.3 is 20.3 Å². The van der Waals surface area contributed by atoms with Gasteiger partial charge in [-0.15, -0.1) is 0 Å². The van der Waals surface area contributed by atoms with E-state index in [4.69, 9.17) is 33.5 Å². The molecule has 0 radical (unpaired) electrons. The maximum absolute atomic E-state index is 13.4. The van der Waals surface area contributed by atoms with E-state index in [-0.39, 0.29) is 11.0 Å². The van der Waals surface area contributed by atoms with E-state index in [1.807, 2.05) is 97.1 Å². The zero-order valence-electron chi connectivity index (χ0n) is 19.9. The molecular formula is C29H23ClN4O2S. The van der Waals surface area contributed by atoms with E-state index in [1.165, 1.54) is 0 Å². The largest absolute Gasteiger partial charge is 0.457 e. The van der Waals surface area contributed by atoms with E-state index in [0.717, 1.165) is 22.6 Å². The molecule has 2 N–H and O–H groups in total. The van der Waals surface area contributed by atoms with Gasteiger partial charge >= 0.3 is 0 Å². The Bertz CT molecular complexity index is 1460. The molecule has 1 heterocycles. The van der Waals surface area contributed by atoms with Crippen LogP contribution in [0.15, 0.2) is 108 Å². The zero-order valence-corrected chi connectivity index (χ0v) is 21.5. The van der Waals surface area contributed by atoms with E-state index in [1.54, 1.807) is 18.0 Å². The topological polar surface area (TPSA) is 66.0 Å². The van der Waals surface area contributed by atoms with Gasteiger partial charge in [0.2, 0.25) is 6.17 Å². The normalized spacial score (nSPS) is 14.8. The van der Waals surface area contributed by atoms with Crippen LogP contribution >= 0.6 is 23.8 Å². The zero-order chi connectivity index (χ0) is 25.8. The first-order chi connectivity index (χ1) is 18.0. The molecule has 8 heteroatoms. The van der Waals surface area contributed by atoms with Gasteiger partial charge in [-0.05, 0) is 66.8 Å². The Balaban J connectivity index is 1.36. The summed E-state index contributed by atoms with van der Waals surface area (Å²) in [5.41, 5.74) is 3.75. The molecule has 1 amide bonds. The highest BCUT2D eigenvalue weighted by atomic mass is 35.5. The highest BCUT2D eigenvalue weighted by Gasteiger charge is 2.30. The average molecular weight is 527 g/mol. The minimum Gasteiger partial charge on any atom is -0.457 e. The van der Waals surface area contributed by atoms with Crippen molar-refractivity contribution in [1.82, 2.24) is 5.32 Å². The number of para-hydroxylation sites is 1. The van der Waals surface area contributed by atoms with Crippen LogP contribution in [-0.2, 0) is 4.79 Å². The second-order valence-corrected chi connectivity index (χ2v) is 9.19. The number of hydrogen-bond acceptors (Lipinski definition) is 4. The number of benzodiazepines with no additional fused rings is 1. The molecule has 4 aromatic carbocycles. The quantitative estimate of drug-likeness (QED) is 0.300. The molecule has 0 saturated carbocycles. The first kappa shape index (κ1) is 24.5. The summed E-state index contributed by atoms with van der Waals surface area (Å²) >= 11 is 11.9. The fraction of sp³-hybridized carbons (Fsp3) is 0.0690. The Labute approximate surface area is 225 Å². The van der Waals surface area contributed by atoms with Crippen molar-refractivity contribution in [1.29, 1.82) is 0 Å². The summed E-state index contributed by atoms with van der Waals surface area (Å²) in [4.78, 5) is 19.8. The number of likely N-dealkylation sites (N-methyl/N-ethyl adjacent to an activating group) is 1. The summed E-state index contributed by atoms with van der Waals surface area (Å²) in [7, 11) is 1.72. The van der Waals surface area contributed by atoms with Crippen LogP contribution in [0.1, 0.15) is 11.1 Å². The lowest BCUT2D eigenvalue weighted by molar-refractivity contribution is -0.119. The maximum atomic E-state index is 13.4. The van der Waals surface area contributed by atoms with Gasteiger partial charge in [0.15, 0.2) is 5.11 Å². The number of thiocarbonyl (C=S) groups is 1. The molecule has 1 aliphatic rings. The van der Waals surface area contributed by atoms with Crippen molar-refractivity contribution in [2.75, 3.05) is 17.3 Å². The van der Waals surface area contributed by atoms with Gasteiger partial charge in [-0.1, -0.05) is 60.1 Å². The number of amides is 1. The Hall–Kier alpha value is -4.20. The molecule has 6 nitrogen and oxygen atoms in total. The standard InChI is InChI=1S/C29H23ClN4O2S/c1-34-25-17-12-20(30)18-24(25)26(19-8-4-2-5-9-19)32-27(28(34)35)33-29(37)31-21-13-15-23(16-14-21)36-22-10-6-3-7-11-22/h2-18,27H,1H3,(H2,31,33,37).